The monoisotopic (exact) mass is 229 g/mol. The number of aromatic nitrogens is 3. The Kier molecular flexibility index (Phi) is 2.83. The molecule has 0 atom stereocenters. The summed E-state index contributed by atoms with van der Waals surface area (Å²) in [6, 6.07) is 4.02. The van der Waals surface area contributed by atoms with Crippen LogP contribution in [0.2, 0.25) is 0 Å². The minimum absolute atomic E-state index is 0.724. The van der Waals surface area contributed by atoms with Gasteiger partial charge in [0.05, 0.1) is 0 Å². The predicted octanol–water partition coefficient (Wildman–Crippen LogP) is 0.824. The Labute approximate surface area is 99.9 Å². The van der Waals surface area contributed by atoms with Crippen LogP contribution in [0, 0.1) is 0 Å². The first-order valence-corrected chi connectivity index (χ1v) is 5.97. The molecule has 5 heteroatoms. The van der Waals surface area contributed by atoms with Crippen LogP contribution in [0.5, 0.6) is 0 Å². The van der Waals surface area contributed by atoms with Crippen molar-refractivity contribution in [1.82, 2.24) is 20.3 Å². The van der Waals surface area contributed by atoms with E-state index in [2.05, 4.69) is 25.2 Å². The summed E-state index contributed by atoms with van der Waals surface area (Å²) < 4.78 is 0. The predicted molar refractivity (Wildman–Crippen MR) is 67.0 cm³/mol. The van der Waals surface area contributed by atoms with Gasteiger partial charge in [-0.1, -0.05) is 0 Å². The highest BCUT2D eigenvalue weighted by Crippen LogP contribution is 2.15. The van der Waals surface area contributed by atoms with Crippen LogP contribution in [0.25, 0.3) is 11.2 Å². The molecule has 0 aromatic carbocycles. The third-order valence-corrected chi connectivity index (χ3v) is 2.98. The van der Waals surface area contributed by atoms with Crippen LogP contribution in [0.1, 0.15) is 6.42 Å². The second-order valence-corrected chi connectivity index (χ2v) is 4.16. The molecule has 1 aliphatic heterocycles. The van der Waals surface area contributed by atoms with Crippen LogP contribution in [0.4, 0.5) is 5.82 Å². The van der Waals surface area contributed by atoms with Gasteiger partial charge >= 0.3 is 0 Å². The van der Waals surface area contributed by atoms with Crippen LogP contribution in [0.3, 0.4) is 0 Å². The van der Waals surface area contributed by atoms with Crippen molar-refractivity contribution in [2.24, 2.45) is 0 Å². The zero-order chi connectivity index (χ0) is 11.5. The van der Waals surface area contributed by atoms with Gasteiger partial charge in [0.25, 0.3) is 0 Å². The first kappa shape index (κ1) is 10.4. The Hall–Kier alpha value is -1.75. The highest BCUT2D eigenvalue weighted by Gasteiger charge is 2.11. The molecule has 1 fully saturated rings. The number of pyridine rings is 1. The molecule has 0 bridgehead atoms. The number of hydrogen-bond acceptors (Lipinski definition) is 5. The van der Waals surface area contributed by atoms with Crippen molar-refractivity contribution in [3.8, 4) is 0 Å². The van der Waals surface area contributed by atoms with Crippen molar-refractivity contribution in [2.75, 3.05) is 31.1 Å². The van der Waals surface area contributed by atoms with Gasteiger partial charge in [0, 0.05) is 32.0 Å². The summed E-state index contributed by atoms with van der Waals surface area (Å²) in [5.74, 6) is 1.00. The van der Waals surface area contributed by atoms with Gasteiger partial charge in [-0.05, 0) is 25.1 Å². The third kappa shape index (κ3) is 2.19. The maximum atomic E-state index is 4.57. The highest BCUT2D eigenvalue weighted by molar-refractivity contribution is 5.71. The van der Waals surface area contributed by atoms with E-state index < -0.39 is 0 Å². The van der Waals surface area contributed by atoms with E-state index in [0.717, 1.165) is 49.6 Å². The topological polar surface area (TPSA) is 53.9 Å². The van der Waals surface area contributed by atoms with Gasteiger partial charge in [0.2, 0.25) is 0 Å². The SMILES string of the molecule is c1cnc2nc(N3CCCNCC3)ccc2n1. The molecule has 0 aliphatic carbocycles. The number of anilines is 1. The summed E-state index contributed by atoms with van der Waals surface area (Å²) in [5.41, 5.74) is 1.58. The fraction of sp³-hybridized carbons (Fsp3) is 0.417. The van der Waals surface area contributed by atoms with E-state index in [1.54, 1.807) is 12.4 Å². The van der Waals surface area contributed by atoms with Crippen molar-refractivity contribution in [2.45, 2.75) is 6.42 Å². The maximum Gasteiger partial charge on any atom is 0.180 e. The van der Waals surface area contributed by atoms with Crippen molar-refractivity contribution in [3.05, 3.63) is 24.5 Å². The van der Waals surface area contributed by atoms with Gasteiger partial charge in [-0.15, -0.1) is 0 Å². The number of nitrogens with zero attached hydrogens (tertiary/aromatic N) is 4. The molecule has 3 rings (SSSR count). The third-order valence-electron chi connectivity index (χ3n) is 2.98. The van der Waals surface area contributed by atoms with Crippen molar-refractivity contribution >= 4 is 17.0 Å². The van der Waals surface area contributed by atoms with Gasteiger partial charge in [-0.3, -0.25) is 4.98 Å². The Morgan fingerprint density at radius 2 is 2.00 bits per heavy atom. The summed E-state index contributed by atoms with van der Waals surface area (Å²) in [6.45, 7) is 4.15. The Balaban J connectivity index is 1.93. The molecule has 0 amide bonds. The summed E-state index contributed by atoms with van der Waals surface area (Å²) in [6.07, 6.45) is 4.53. The summed E-state index contributed by atoms with van der Waals surface area (Å²) in [5, 5.41) is 3.39. The molecule has 0 spiro atoms. The number of nitrogens with one attached hydrogen (secondary N) is 1. The van der Waals surface area contributed by atoms with Crippen LogP contribution in [-0.2, 0) is 0 Å². The lowest BCUT2D eigenvalue weighted by Gasteiger charge is -2.20. The first-order valence-electron chi connectivity index (χ1n) is 5.97. The van der Waals surface area contributed by atoms with E-state index in [1.807, 2.05) is 12.1 Å². The molecular formula is C12H15N5. The zero-order valence-corrected chi connectivity index (χ0v) is 9.63. The lowest BCUT2D eigenvalue weighted by molar-refractivity contribution is 0.724. The molecule has 2 aromatic rings. The molecule has 0 unspecified atom stereocenters. The molecule has 2 aromatic heterocycles. The van der Waals surface area contributed by atoms with E-state index in [0.29, 0.717) is 0 Å². The van der Waals surface area contributed by atoms with Crippen molar-refractivity contribution in [3.63, 3.8) is 0 Å². The Bertz CT molecular complexity index is 505. The van der Waals surface area contributed by atoms with Crippen molar-refractivity contribution < 1.29 is 0 Å². The number of rotatable bonds is 1. The molecule has 0 saturated carbocycles. The fourth-order valence-electron chi connectivity index (χ4n) is 2.10. The van der Waals surface area contributed by atoms with Crippen LogP contribution < -0.4 is 10.2 Å². The van der Waals surface area contributed by atoms with E-state index in [4.69, 9.17) is 0 Å². The second-order valence-electron chi connectivity index (χ2n) is 4.16. The molecule has 0 radical (unpaired) electrons. The normalized spacial score (nSPS) is 17.1. The Morgan fingerprint density at radius 3 is 3.00 bits per heavy atom. The van der Waals surface area contributed by atoms with Crippen molar-refractivity contribution in [1.29, 1.82) is 0 Å². The second kappa shape index (κ2) is 4.63. The minimum Gasteiger partial charge on any atom is -0.355 e. The standard InChI is InChI=1S/C12H15N5/c1-4-13-7-9-17(8-1)11-3-2-10-12(16-11)15-6-5-14-10/h2-3,5-6,13H,1,4,7-9H2. The molecule has 5 nitrogen and oxygen atoms in total. The summed E-state index contributed by atoms with van der Waals surface area (Å²) >= 11 is 0. The fourth-order valence-corrected chi connectivity index (χ4v) is 2.10. The van der Waals surface area contributed by atoms with Gasteiger partial charge in [0.1, 0.15) is 11.3 Å². The lowest BCUT2D eigenvalue weighted by Crippen LogP contribution is -2.28. The molecule has 1 N–H and O–H groups in total. The summed E-state index contributed by atoms with van der Waals surface area (Å²) in [4.78, 5) is 15.3. The zero-order valence-electron chi connectivity index (χ0n) is 9.63. The van der Waals surface area contributed by atoms with Crippen LogP contribution in [0.15, 0.2) is 24.5 Å². The van der Waals surface area contributed by atoms with Crippen LogP contribution >= 0.6 is 0 Å². The van der Waals surface area contributed by atoms with E-state index in [-0.39, 0.29) is 0 Å². The minimum atomic E-state index is 0.724. The molecule has 1 saturated heterocycles. The Morgan fingerprint density at radius 1 is 1.06 bits per heavy atom. The molecule has 17 heavy (non-hydrogen) atoms. The first-order chi connectivity index (χ1) is 8.43. The quantitative estimate of drug-likeness (QED) is 0.784. The molecule has 88 valence electrons. The number of fused-ring (bicyclic) bond motifs is 1. The molecule has 3 heterocycles. The largest absolute Gasteiger partial charge is 0.355 e. The van der Waals surface area contributed by atoms with Gasteiger partial charge in [0.15, 0.2) is 5.65 Å². The van der Waals surface area contributed by atoms with Gasteiger partial charge in [-0.2, -0.15) is 0 Å². The molecule has 1 aliphatic rings. The highest BCUT2D eigenvalue weighted by atomic mass is 15.2. The average molecular weight is 229 g/mol. The van der Waals surface area contributed by atoms with E-state index in [1.165, 1.54) is 0 Å². The van der Waals surface area contributed by atoms with Gasteiger partial charge in [-0.25, -0.2) is 9.97 Å². The maximum absolute atomic E-state index is 4.57. The van der Waals surface area contributed by atoms with E-state index >= 15 is 0 Å². The van der Waals surface area contributed by atoms with Crippen LogP contribution in [-0.4, -0.2) is 41.1 Å². The lowest BCUT2D eigenvalue weighted by atomic mass is 10.3. The smallest absolute Gasteiger partial charge is 0.180 e. The van der Waals surface area contributed by atoms with Gasteiger partial charge < -0.3 is 10.2 Å². The summed E-state index contributed by atoms with van der Waals surface area (Å²) in [7, 11) is 0. The van der Waals surface area contributed by atoms with E-state index in [9.17, 15) is 0 Å². The number of hydrogen-bond donors (Lipinski definition) is 1. The average Bonchev–Trinajstić information content (AvgIpc) is 2.67. The molecular weight excluding hydrogens is 214 g/mol.